The molecule has 14 heavy (non-hydrogen) atoms. The van der Waals surface area contributed by atoms with Crippen molar-refractivity contribution >= 4 is 18.3 Å². The van der Waals surface area contributed by atoms with E-state index in [0.717, 1.165) is 16.6 Å². The molecule has 0 N–H and O–H groups in total. The summed E-state index contributed by atoms with van der Waals surface area (Å²) in [7, 11) is 2.54. The van der Waals surface area contributed by atoms with E-state index in [0.29, 0.717) is 0 Å². The van der Waals surface area contributed by atoms with Crippen molar-refractivity contribution in [3.05, 3.63) is 0 Å². The summed E-state index contributed by atoms with van der Waals surface area (Å²) < 4.78 is 0. The highest BCUT2D eigenvalue weighted by Gasteiger charge is 2.41. The van der Waals surface area contributed by atoms with Crippen LogP contribution in [0.3, 0.4) is 0 Å². The number of hydrogen-bond acceptors (Lipinski definition) is 0. The van der Waals surface area contributed by atoms with Gasteiger partial charge in [-0.2, -0.15) is 0 Å². The summed E-state index contributed by atoms with van der Waals surface area (Å²) in [5, 5.41) is 0. The molecule has 3 radical (unpaired) electrons. The van der Waals surface area contributed by atoms with Crippen LogP contribution in [0.15, 0.2) is 0 Å². The summed E-state index contributed by atoms with van der Waals surface area (Å²) in [4.78, 5) is 0. The third-order valence-electron chi connectivity index (χ3n) is 4.01. The van der Waals surface area contributed by atoms with Gasteiger partial charge in [-0.3, -0.25) is 0 Å². The fraction of sp³-hybridized carbons (Fsp3) is 1.00. The molecule has 2 heteroatoms. The second-order valence-corrected chi connectivity index (χ2v) is 12.1. The Morgan fingerprint density at radius 3 is 1.43 bits per heavy atom. The molecule has 0 saturated heterocycles. The Kier molecular flexibility index (Phi) is 6.30. The van der Waals surface area contributed by atoms with Gasteiger partial charge < -0.3 is 0 Å². The lowest BCUT2D eigenvalue weighted by atomic mass is 10.5. The molecular weight excluding hydrogens is 200 g/mol. The fourth-order valence-corrected chi connectivity index (χ4v) is 10.3. The molecule has 0 rings (SSSR count). The highest BCUT2D eigenvalue weighted by atomic mass is 28.3. The van der Waals surface area contributed by atoms with E-state index in [4.69, 9.17) is 0 Å². The van der Waals surface area contributed by atoms with E-state index in [1.807, 2.05) is 0 Å². The fourth-order valence-electron chi connectivity index (χ4n) is 3.26. The predicted octanol–water partition coefficient (Wildman–Crippen LogP) is 4.64. The molecule has 0 spiro atoms. The molecular formula is C12H27Si2. The van der Waals surface area contributed by atoms with E-state index < -0.39 is 8.07 Å². The van der Waals surface area contributed by atoms with Crippen molar-refractivity contribution in [3.63, 3.8) is 0 Å². The van der Waals surface area contributed by atoms with Crippen LogP contribution in [0.1, 0.15) is 48.0 Å². The van der Waals surface area contributed by atoms with Gasteiger partial charge in [0.2, 0.25) is 0 Å². The molecule has 0 bridgehead atoms. The van der Waals surface area contributed by atoms with Gasteiger partial charge in [0.1, 0.15) is 0 Å². The first-order valence-corrected chi connectivity index (χ1v) is 9.18. The second-order valence-electron chi connectivity index (χ2n) is 5.43. The van der Waals surface area contributed by atoms with Crippen molar-refractivity contribution in [2.24, 2.45) is 0 Å². The smallest absolute Gasteiger partial charge is 0.0612 e. The molecule has 0 aromatic heterocycles. The molecule has 0 nitrogen and oxygen atoms in total. The van der Waals surface area contributed by atoms with Crippen molar-refractivity contribution in [1.29, 1.82) is 0 Å². The van der Waals surface area contributed by atoms with E-state index in [1.54, 1.807) is 0 Å². The first kappa shape index (κ1) is 14.4. The molecule has 0 unspecified atom stereocenters. The van der Waals surface area contributed by atoms with E-state index in [2.05, 4.69) is 51.8 Å². The summed E-state index contributed by atoms with van der Waals surface area (Å²) in [6.45, 7) is 14.7. The Labute approximate surface area is 95.3 Å². The van der Waals surface area contributed by atoms with Crippen molar-refractivity contribution < 1.29 is 0 Å². The van der Waals surface area contributed by atoms with Crippen LogP contribution in [0.25, 0.3) is 0 Å². The summed E-state index contributed by atoms with van der Waals surface area (Å²) >= 11 is 0. The molecule has 0 aromatic rings. The standard InChI is InChI=1S/C12H27Si2/c1-10(2)14(11(3)4,12(5)6)9-7-8-13/h10-12H,7-9H2,1-6H3. The van der Waals surface area contributed by atoms with Gasteiger partial charge in [0.05, 0.1) is 8.07 Å². The molecule has 0 atom stereocenters. The van der Waals surface area contributed by atoms with Crippen molar-refractivity contribution in [1.82, 2.24) is 0 Å². The van der Waals surface area contributed by atoms with Crippen LogP contribution in [-0.2, 0) is 0 Å². The average molecular weight is 228 g/mol. The first-order valence-electron chi connectivity index (χ1n) is 6.04. The summed E-state index contributed by atoms with van der Waals surface area (Å²) in [6, 6.07) is 2.66. The van der Waals surface area contributed by atoms with Gasteiger partial charge in [-0.1, -0.05) is 76.7 Å². The zero-order chi connectivity index (χ0) is 11.4. The Bertz CT molecular complexity index is 129. The maximum Gasteiger partial charge on any atom is 0.0612 e. The van der Waals surface area contributed by atoms with Gasteiger partial charge in [-0.05, 0) is 0 Å². The summed E-state index contributed by atoms with van der Waals surface area (Å²) in [6.07, 6.45) is 1.36. The summed E-state index contributed by atoms with van der Waals surface area (Å²) in [5.74, 6) is 0. The van der Waals surface area contributed by atoms with E-state index in [1.165, 1.54) is 18.5 Å². The molecule has 0 aliphatic heterocycles. The van der Waals surface area contributed by atoms with Crippen molar-refractivity contribution in [3.8, 4) is 0 Å². The van der Waals surface area contributed by atoms with E-state index in [9.17, 15) is 0 Å². The lowest BCUT2D eigenvalue weighted by molar-refractivity contribution is 0.783. The van der Waals surface area contributed by atoms with Gasteiger partial charge in [0.25, 0.3) is 0 Å². The van der Waals surface area contributed by atoms with Crippen molar-refractivity contribution in [2.45, 2.75) is 76.7 Å². The quantitative estimate of drug-likeness (QED) is 0.580. The third kappa shape index (κ3) is 2.96. The molecule has 0 aliphatic carbocycles. The van der Waals surface area contributed by atoms with Crippen LogP contribution in [0.2, 0.25) is 28.7 Å². The molecule has 83 valence electrons. The molecule has 0 saturated carbocycles. The lowest BCUT2D eigenvalue weighted by Gasteiger charge is -2.43. The number of rotatable bonds is 6. The molecule has 0 aromatic carbocycles. The van der Waals surface area contributed by atoms with Crippen LogP contribution in [0.5, 0.6) is 0 Å². The SMILES string of the molecule is CC(C)[Si](CCC[Si])(C(C)C)C(C)C. The zero-order valence-electron chi connectivity index (χ0n) is 10.9. The maximum absolute atomic E-state index is 3.62. The Hall–Kier alpha value is 0.434. The highest BCUT2D eigenvalue weighted by molar-refractivity contribution is 6.83. The Morgan fingerprint density at radius 2 is 1.21 bits per heavy atom. The van der Waals surface area contributed by atoms with Crippen LogP contribution in [0.4, 0.5) is 0 Å². The largest absolute Gasteiger partial charge is 0.0651 e. The van der Waals surface area contributed by atoms with Gasteiger partial charge in [-0.25, -0.2) is 0 Å². The van der Waals surface area contributed by atoms with Crippen LogP contribution < -0.4 is 0 Å². The third-order valence-corrected chi connectivity index (χ3v) is 12.0. The lowest BCUT2D eigenvalue weighted by Crippen LogP contribution is -2.44. The van der Waals surface area contributed by atoms with Crippen LogP contribution in [-0.4, -0.2) is 18.3 Å². The van der Waals surface area contributed by atoms with E-state index in [-0.39, 0.29) is 0 Å². The average Bonchev–Trinajstić information content (AvgIpc) is 2.03. The minimum Gasteiger partial charge on any atom is -0.0651 e. The minimum atomic E-state index is -1.08. The molecule has 0 fully saturated rings. The predicted molar refractivity (Wildman–Crippen MR) is 71.0 cm³/mol. The van der Waals surface area contributed by atoms with Crippen LogP contribution in [0, 0.1) is 0 Å². The first-order chi connectivity index (χ1) is 6.39. The Morgan fingerprint density at radius 1 is 0.857 bits per heavy atom. The number of hydrogen-bond donors (Lipinski definition) is 0. The van der Waals surface area contributed by atoms with Crippen molar-refractivity contribution in [2.75, 3.05) is 0 Å². The zero-order valence-corrected chi connectivity index (χ0v) is 12.9. The topological polar surface area (TPSA) is 0 Å². The van der Waals surface area contributed by atoms with Crippen LogP contribution >= 0.6 is 0 Å². The second kappa shape index (κ2) is 6.11. The van der Waals surface area contributed by atoms with Gasteiger partial charge in [0, 0.05) is 10.2 Å². The van der Waals surface area contributed by atoms with Gasteiger partial charge in [0.15, 0.2) is 0 Å². The monoisotopic (exact) mass is 227 g/mol. The Balaban J connectivity index is 4.76. The summed E-state index contributed by atoms with van der Waals surface area (Å²) in [5.41, 5.74) is 2.75. The van der Waals surface area contributed by atoms with Gasteiger partial charge in [-0.15, -0.1) is 0 Å². The normalized spacial score (nSPS) is 13.3. The molecule has 0 heterocycles. The molecule has 0 aliphatic rings. The van der Waals surface area contributed by atoms with Gasteiger partial charge >= 0.3 is 0 Å². The maximum atomic E-state index is 3.62. The molecule has 0 amide bonds. The minimum absolute atomic E-state index is 0.917. The van der Waals surface area contributed by atoms with E-state index >= 15 is 0 Å². The highest BCUT2D eigenvalue weighted by Crippen LogP contribution is 2.45.